The number of halogens is 1. The van der Waals surface area contributed by atoms with E-state index in [1.165, 1.54) is 5.56 Å². The van der Waals surface area contributed by atoms with Crippen LogP contribution in [0.4, 0.5) is 5.69 Å². The highest BCUT2D eigenvalue weighted by atomic mass is 35.5. The predicted molar refractivity (Wildman–Crippen MR) is 76.1 cm³/mol. The molecular formula is C15H16ClNO. The molecule has 0 bridgehead atoms. The fourth-order valence-electron chi connectivity index (χ4n) is 1.73. The monoisotopic (exact) mass is 261 g/mol. The molecule has 0 saturated carbocycles. The number of benzene rings is 2. The lowest BCUT2D eigenvalue weighted by molar-refractivity contribution is 0.304. The van der Waals surface area contributed by atoms with E-state index in [4.69, 9.17) is 22.1 Å². The van der Waals surface area contributed by atoms with Crippen molar-refractivity contribution in [1.29, 1.82) is 0 Å². The molecule has 0 heterocycles. The third kappa shape index (κ3) is 2.77. The van der Waals surface area contributed by atoms with E-state index in [0.29, 0.717) is 17.3 Å². The summed E-state index contributed by atoms with van der Waals surface area (Å²) in [7, 11) is 0. The third-order valence-electron chi connectivity index (χ3n) is 3.05. The molecule has 2 rings (SSSR count). The van der Waals surface area contributed by atoms with Crippen molar-refractivity contribution >= 4 is 17.3 Å². The van der Waals surface area contributed by atoms with Crippen molar-refractivity contribution in [1.82, 2.24) is 0 Å². The van der Waals surface area contributed by atoms with E-state index in [1.807, 2.05) is 24.3 Å². The first-order valence-electron chi connectivity index (χ1n) is 5.81. The van der Waals surface area contributed by atoms with Crippen molar-refractivity contribution < 1.29 is 4.74 Å². The fraction of sp³-hybridized carbons (Fsp3) is 0.200. The highest BCUT2D eigenvalue weighted by Crippen LogP contribution is 2.24. The Morgan fingerprint density at radius 3 is 2.67 bits per heavy atom. The first kappa shape index (κ1) is 12.8. The van der Waals surface area contributed by atoms with Gasteiger partial charge in [-0.1, -0.05) is 29.8 Å². The predicted octanol–water partition coefficient (Wildman–Crippen LogP) is 4.12. The Morgan fingerprint density at radius 2 is 1.94 bits per heavy atom. The summed E-state index contributed by atoms with van der Waals surface area (Å²) >= 11 is 5.86. The Balaban J connectivity index is 2.14. The van der Waals surface area contributed by atoms with Gasteiger partial charge >= 0.3 is 0 Å². The van der Waals surface area contributed by atoms with E-state index in [-0.39, 0.29) is 0 Å². The summed E-state index contributed by atoms with van der Waals surface area (Å²) in [4.78, 5) is 0. The van der Waals surface area contributed by atoms with Gasteiger partial charge in [0.1, 0.15) is 12.4 Å². The van der Waals surface area contributed by atoms with Crippen molar-refractivity contribution in [3.05, 3.63) is 58.1 Å². The van der Waals surface area contributed by atoms with E-state index in [1.54, 1.807) is 6.07 Å². The Labute approximate surface area is 112 Å². The molecule has 2 aromatic carbocycles. The average Bonchev–Trinajstić information content (AvgIpc) is 2.33. The van der Waals surface area contributed by atoms with Crippen LogP contribution >= 0.6 is 11.6 Å². The molecule has 18 heavy (non-hydrogen) atoms. The van der Waals surface area contributed by atoms with Gasteiger partial charge in [0, 0.05) is 16.3 Å². The maximum absolute atomic E-state index is 5.89. The molecule has 0 radical (unpaired) electrons. The van der Waals surface area contributed by atoms with Gasteiger partial charge in [-0.15, -0.1) is 0 Å². The SMILES string of the molecule is Cc1cccc(OCc2ccc(Cl)cc2N)c1C. The number of anilines is 1. The van der Waals surface area contributed by atoms with Crippen molar-refractivity contribution in [2.75, 3.05) is 5.73 Å². The van der Waals surface area contributed by atoms with Crippen LogP contribution < -0.4 is 10.5 Å². The number of nitrogen functional groups attached to an aromatic ring is 1. The van der Waals surface area contributed by atoms with Crippen LogP contribution in [-0.2, 0) is 6.61 Å². The van der Waals surface area contributed by atoms with Crippen molar-refractivity contribution in [2.45, 2.75) is 20.5 Å². The lowest BCUT2D eigenvalue weighted by Gasteiger charge is -2.12. The molecule has 2 nitrogen and oxygen atoms in total. The van der Waals surface area contributed by atoms with Crippen LogP contribution in [0.3, 0.4) is 0 Å². The molecule has 0 saturated heterocycles. The van der Waals surface area contributed by atoms with Crippen LogP contribution in [0.2, 0.25) is 5.02 Å². The molecule has 0 amide bonds. The topological polar surface area (TPSA) is 35.2 Å². The average molecular weight is 262 g/mol. The molecule has 0 aliphatic carbocycles. The van der Waals surface area contributed by atoms with E-state index in [9.17, 15) is 0 Å². The molecule has 0 aliphatic heterocycles. The summed E-state index contributed by atoms with van der Waals surface area (Å²) in [6, 6.07) is 11.5. The van der Waals surface area contributed by atoms with Crippen LogP contribution in [0.25, 0.3) is 0 Å². The van der Waals surface area contributed by atoms with Gasteiger partial charge in [0.2, 0.25) is 0 Å². The molecule has 0 atom stereocenters. The second-order valence-corrected chi connectivity index (χ2v) is 4.77. The molecule has 94 valence electrons. The Kier molecular flexibility index (Phi) is 3.78. The van der Waals surface area contributed by atoms with Crippen LogP contribution in [-0.4, -0.2) is 0 Å². The van der Waals surface area contributed by atoms with Crippen molar-refractivity contribution in [2.24, 2.45) is 0 Å². The van der Waals surface area contributed by atoms with Gasteiger partial charge in [0.25, 0.3) is 0 Å². The smallest absolute Gasteiger partial charge is 0.122 e. The number of hydrogen-bond acceptors (Lipinski definition) is 2. The van der Waals surface area contributed by atoms with E-state index in [2.05, 4.69) is 19.9 Å². The lowest BCUT2D eigenvalue weighted by Crippen LogP contribution is -2.01. The summed E-state index contributed by atoms with van der Waals surface area (Å²) in [5.41, 5.74) is 9.87. The summed E-state index contributed by atoms with van der Waals surface area (Å²) in [6.07, 6.45) is 0. The van der Waals surface area contributed by atoms with Crippen molar-refractivity contribution in [3.63, 3.8) is 0 Å². The second kappa shape index (κ2) is 5.32. The van der Waals surface area contributed by atoms with Gasteiger partial charge in [0.05, 0.1) is 0 Å². The lowest BCUT2D eigenvalue weighted by atomic mass is 10.1. The first-order valence-corrected chi connectivity index (χ1v) is 6.18. The van der Waals surface area contributed by atoms with Crippen LogP contribution in [0.15, 0.2) is 36.4 Å². The molecule has 2 N–H and O–H groups in total. The highest BCUT2D eigenvalue weighted by Gasteiger charge is 2.04. The zero-order valence-electron chi connectivity index (χ0n) is 10.5. The van der Waals surface area contributed by atoms with E-state index >= 15 is 0 Å². The van der Waals surface area contributed by atoms with Crippen LogP contribution in [0, 0.1) is 13.8 Å². The molecule has 0 unspecified atom stereocenters. The summed E-state index contributed by atoms with van der Waals surface area (Å²) in [5.74, 6) is 0.893. The van der Waals surface area contributed by atoms with Gasteiger partial charge in [-0.2, -0.15) is 0 Å². The molecule has 0 spiro atoms. The summed E-state index contributed by atoms with van der Waals surface area (Å²) in [6.45, 7) is 4.57. The van der Waals surface area contributed by atoms with Gasteiger partial charge in [-0.3, -0.25) is 0 Å². The zero-order valence-corrected chi connectivity index (χ0v) is 11.3. The number of nitrogens with two attached hydrogens (primary N) is 1. The molecule has 3 heteroatoms. The van der Waals surface area contributed by atoms with Crippen LogP contribution in [0.5, 0.6) is 5.75 Å². The summed E-state index contributed by atoms with van der Waals surface area (Å²) in [5, 5.41) is 0.642. The second-order valence-electron chi connectivity index (χ2n) is 4.33. The molecule has 0 fully saturated rings. The van der Waals surface area contributed by atoms with Crippen LogP contribution in [0.1, 0.15) is 16.7 Å². The maximum atomic E-state index is 5.89. The Bertz CT molecular complexity index is 566. The fourth-order valence-corrected chi connectivity index (χ4v) is 1.91. The van der Waals surface area contributed by atoms with Gasteiger partial charge in [-0.25, -0.2) is 0 Å². The number of aryl methyl sites for hydroxylation is 1. The van der Waals surface area contributed by atoms with E-state index < -0.39 is 0 Å². The Morgan fingerprint density at radius 1 is 1.17 bits per heavy atom. The molecule has 0 aromatic heterocycles. The van der Waals surface area contributed by atoms with Gasteiger partial charge in [0.15, 0.2) is 0 Å². The van der Waals surface area contributed by atoms with Gasteiger partial charge < -0.3 is 10.5 Å². The van der Waals surface area contributed by atoms with Crippen molar-refractivity contribution in [3.8, 4) is 5.75 Å². The molecule has 2 aromatic rings. The normalized spacial score (nSPS) is 10.4. The summed E-state index contributed by atoms with van der Waals surface area (Å²) < 4.78 is 5.80. The Hall–Kier alpha value is -1.67. The zero-order chi connectivity index (χ0) is 13.1. The molecular weight excluding hydrogens is 246 g/mol. The van der Waals surface area contributed by atoms with Gasteiger partial charge in [-0.05, 0) is 43.2 Å². The number of hydrogen-bond donors (Lipinski definition) is 1. The maximum Gasteiger partial charge on any atom is 0.122 e. The largest absolute Gasteiger partial charge is 0.489 e. The minimum Gasteiger partial charge on any atom is -0.489 e. The number of rotatable bonds is 3. The minimum absolute atomic E-state index is 0.452. The minimum atomic E-state index is 0.452. The number of ether oxygens (including phenoxy) is 1. The van der Waals surface area contributed by atoms with E-state index in [0.717, 1.165) is 16.9 Å². The molecule has 0 aliphatic rings. The first-order chi connectivity index (χ1) is 8.58. The quantitative estimate of drug-likeness (QED) is 0.844. The third-order valence-corrected chi connectivity index (χ3v) is 3.28. The highest BCUT2D eigenvalue weighted by molar-refractivity contribution is 6.30. The standard InChI is InChI=1S/C15H16ClNO/c1-10-4-3-5-15(11(10)2)18-9-12-6-7-13(16)8-14(12)17/h3-8H,9,17H2,1-2H3.